The highest BCUT2D eigenvalue weighted by Gasteiger charge is 2.21. The topological polar surface area (TPSA) is 59.1 Å². The summed E-state index contributed by atoms with van der Waals surface area (Å²) in [7, 11) is 0. The number of rotatable bonds is 2. The van der Waals surface area contributed by atoms with Crippen LogP contribution in [0.25, 0.3) is 0 Å². The minimum atomic E-state index is -2.84. The van der Waals surface area contributed by atoms with Gasteiger partial charge in [-0.25, -0.2) is 8.78 Å². The molecule has 3 N–H and O–H groups in total. The fourth-order valence-corrected chi connectivity index (χ4v) is 0.800. The highest BCUT2D eigenvalue weighted by molar-refractivity contribution is 5.45. The van der Waals surface area contributed by atoms with Gasteiger partial charge in [-0.05, 0) is 6.07 Å². The molecule has 0 radical (unpaired) electrons. The summed E-state index contributed by atoms with van der Waals surface area (Å²) < 4.78 is 23.9. The Labute approximate surface area is 67.8 Å². The van der Waals surface area contributed by atoms with E-state index >= 15 is 0 Å². The van der Waals surface area contributed by atoms with E-state index in [1.54, 1.807) is 0 Å². The number of aliphatic hydroxyl groups is 1. The summed E-state index contributed by atoms with van der Waals surface area (Å²) in [6.45, 7) is 0. The second-order valence-corrected chi connectivity index (χ2v) is 2.28. The first-order valence-corrected chi connectivity index (χ1v) is 3.28. The minimum Gasteiger partial charge on any atom is -0.398 e. The van der Waals surface area contributed by atoms with E-state index in [4.69, 9.17) is 10.8 Å². The van der Waals surface area contributed by atoms with E-state index in [-0.39, 0.29) is 11.3 Å². The van der Waals surface area contributed by atoms with Gasteiger partial charge in [-0.3, -0.25) is 4.98 Å². The molecule has 1 atom stereocenters. The Hall–Kier alpha value is -1.23. The second kappa shape index (κ2) is 3.44. The molecule has 66 valence electrons. The molecule has 0 aliphatic rings. The average molecular weight is 174 g/mol. The lowest BCUT2D eigenvalue weighted by molar-refractivity contribution is -0.00554. The zero-order valence-corrected chi connectivity index (χ0v) is 6.11. The molecule has 1 aromatic rings. The van der Waals surface area contributed by atoms with Crippen molar-refractivity contribution >= 4 is 5.69 Å². The lowest BCUT2D eigenvalue weighted by atomic mass is 10.1. The molecule has 0 saturated heterocycles. The van der Waals surface area contributed by atoms with E-state index in [2.05, 4.69) is 4.98 Å². The van der Waals surface area contributed by atoms with Gasteiger partial charge in [0.25, 0.3) is 6.43 Å². The van der Waals surface area contributed by atoms with Gasteiger partial charge in [-0.1, -0.05) is 0 Å². The third-order valence-corrected chi connectivity index (χ3v) is 1.44. The molecule has 0 amide bonds. The number of anilines is 1. The van der Waals surface area contributed by atoms with E-state index in [0.717, 1.165) is 6.20 Å². The van der Waals surface area contributed by atoms with Crippen LogP contribution >= 0.6 is 0 Å². The molecule has 3 nitrogen and oxygen atoms in total. The molecule has 0 spiro atoms. The van der Waals surface area contributed by atoms with Gasteiger partial charge < -0.3 is 10.8 Å². The first-order valence-electron chi connectivity index (χ1n) is 3.28. The number of alkyl halides is 2. The van der Waals surface area contributed by atoms with Gasteiger partial charge in [0.2, 0.25) is 0 Å². The van der Waals surface area contributed by atoms with E-state index in [1.165, 1.54) is 12.3 Å². The quantitative estimate of drug-likeness (QED) is 0.702. The Morgan fingerprint density at radius 2 is 2.17 bits per heavy atom. The van der Waals surface area contributed by atoms with Crippen LogP contribution < -0.4 is 5.73 Å². The van der Waals surface area contributed by atoms with Crippen molar-refractivity contribution in [3.05, 3.63) is 24.0 Å². The second-order valence-electron chi connectivity index (χ2n) is 2.28. The van der Waals surface area contributed by atoms with E-state index in [1.807, 2.05) is 0 Å². The zero-order chi connectivity index (χ0) is 9.14. The Kier molecular flexibility index (Phi) is 2.54. The number of aromatic nitrogens is 1. The van der Waals surface area contributed by atoms with Crippen LogP contribution in [0.3, 0.4) is 0 Å². The van der Waals surface area contributed by atoms with Gasteiger partial charge >= 0.3 is 0 Å². The van der Waals surface area contributed by atoms with Crippen molar-refractivity contribution in [2.24, 2.45) is 0 Å². The molecule has 12 heavy (non-hydrogen) atoms. The molecule has 0 aliphatic heterocycles. The largest absolute Gasteiger partial charge is 0.398 e. The number of aliphatic hydroxyl groups excluding tert-OH is 1. The normalized spacial score (nSPS) is 13.3. The van der Waals surface area contributed by atoms with E-state index in [9.17, 15) is 8.78 Å². The summed E-state index contributed by atoms with van der Waals surface area (Å²) in [5, 5.41) is 8.91. The maximum absolute atomic E-state index is 12.0. The minimum absolute atomic E-state index is 0.0347. The highest BCUT2D eigenvalue weighted by atomic mass is 19.3. The van der Waals surface area contributed by atoms with Gasteiger partial charge in [0.15, 0.2) is 0 Å². The van der Waals surface area contributed by atoms with Crippen molar-refractivity contribution < 1.29 is 13.9 Å². The fraction of sp³-hybridized carbons (Fsp3) is 0.286. The van der Waals surface area contributed by atoms with Gasteiger partial charge in [0.05, 0.1) is 0 Å². The molecule has 0 fully saturated rings. The predicted molar refractivity (Wildman–Crippen MR) is 39.6 cm³/mol. The summed E-state index contributed by atoms with van der Waals surface area (Å²) in [6.07, 6.45) is -2.18. The maximum Gasteiger partial charge on any atom is 0.268 e. The van der Waals surface area contributed by atoms with Crippen molar-refractivity contribution in [3.63, 3.8) is 0 Å². The van der Waals surface area contributed by atoms with Gasteiger partial charge in [0.1, 0.15) is 6.10 Å². The van der Waals surface area contributed by atoms with Crippen LogP contribution in [0.15, 0.2) is 18.5 Å². The molecule has 1 rings (SSSR count). The lowest BCUT2D eigenvalue weighted by Gasteiger charge is -2.10. The van der Waals surface area contributed by atoms with Gasteiger partial charge in [0, 0.05) is 23.6 Å². The van der Waals surface area contributed by atoms with E-state index < -0.39 is 12.5 Å². The molecule has 1 aromatic heterocycles. The number of hydrogen-bond acceptors (Lipinski definition) is 3. The number of nitrogens with two attached hydrogens (primary N) is 1. The molecule has 5 heteroatoms. The van der Waals surface area contributed by atoms with Crippen molar-refractivity contribution in [1.29, 1.82) is 0 Å². The summed E-state index contributed by atoms with van der Waals surface area (Å²) in [6, 6.07) is 1.36. The van der Waals surface area contributed by atoms with Crippen molar-refractivity contribution in [3.8, 4) is 0 Å². The van der Waals surface area contributed by atoms with Crippen LogP contribution in [-0.4, -0.2) is 16.5 Å². The standard InChI is InChI=1S/C7H8F2N2O/c8-7(9)6(12)4-3-11-2-1-5(4)10/h1-3,6-7,12H,(H2,10,11). The van der Waals surface area contributed by atoms with Crippen LogP contribution in [0, 0.1) is 0 Å². The molecular weight excluding hydrogens is 166 g/mol. The number of pyridine rings is 1. The Bertz CT molecular complexity index is 267. The van der Waals surface area contributed by atoms with Gasteiger partial charge in [-0.15, -0.1) is 0 Å². The summed E-state index contributed by atoms with van der Waals surface area (Å²) in [5.41, 5.74) is 5.41. The Morgan fingerprint density at radius 3 is 2.67 bits per heavy atom. The number of hydrogen-bond donors (Lipinski definition) is 2. The molecule has 0 aliphatic carbocycles. The molecule has 0 saturated carbocycles. The lowest BCUT2D eigenvalue weighted by Crippen LogP contribution is -2.10. The first kappa shape index (κ1) is 8.86. The number of halogens is 2. The first-order chi connectivity index (χ1) is 5.63. The number of nitrogen functional groups attached to an aromatic ring is 1. The summed E-state index contributed by atoms with van der Waals surface area (Å²) in [5.74, 6) is 0. The average Bonchev–Trinajstić information content (AvgIpc) is 2.04. The SMILES string of the molecule is Nc1ccncc1C(O)C(F)F. The van der Waals surface area contributed by atoms with Crippen molar-refractivity contribution in [1.82, 2.24) is 4.98 Å². The highest BCUT2D eigenvalue weighted by Crippen LogP contribution is 2.23. The van der Waals surface area contributed by atoms with Crippen LogP contribution in [-0.2, 0) is 0 Å². The van der Waals surface area contributed by atoms with Crippen molar-refractivity contribution in [2.45, 2.75) is 12.5 Å². The van der Waals surface area contributed by atoms with Gasteiger partial charge in [-0.2, -0.15) is 0 Å². The molecular formula is C7H8F2N2O. The predicted octanol–water partition coefficient (Wildman–Crippen LogP) is 0.962. The molecule has 1 unspecified atom stereocenters. The molecule has 0 bridgehead atoms. The van der Waals surface area contributed by atoms with Crippen LogP contribution in [0.1, 0.15) is 11.7 Å². The molecule has 0 aromatic carbocycles. The third kappa shape index (κ3) is 1.68. The monoisotopic (exact) mass is 174 g/mol. The zero-order valence-electron chi connectivity index (χ0n) is 6.11. The summed E-state index contributed by atoms with van der Waals surface area (Å²) in [4.78, 5) is 3.58. The smallest absolute Gasteiger partial charge is 0.268 e. The number of nitrogens with zero attached hydrogens (tertiary/aromatic N) is 1. The third-order valence-electron chi connectivity index (χ3n) is 1.44. The van der Waals surface area contributed by atoms with Crippen LogP contribution in [0.5, 0.6) is 0 Å². The van der Waals surface area contributed by atoms with Crippen molar-refractivity contribution in [2.75, 3.05) is 5.73 Å². The van der Waals surface area contributed by atoms with Crippen LogP contribution in [0.2, 0.25) is 0 Å². The Balaban J connectivity index is 2.94. The Morgan fingerprint density at radius 1 is 1.50 bits per heavy atom. The summed E-state index contributed by atoms with van der Waals surface area (Å²) >= 11 is 0. The maximum atomic E-state index is 12.0. The van der Waals surface area contributed by atoms with E-state index in [0.29, 0.717) is 0 Å². The van der Waals surface area contributed by atoms with Crippen LogP contribution in [0.4, 0.5) is 14.5 Å². The molecule has 1 heterocycles. The fourth-order valence-electron chi connectivity index (χ4n) is 0.800.